The SMILES string of the molecule is CSC(C)C(=O)NC(CN)CC(C)C.Cl. The Balaban J connectivity index is 0. The molecule has 0 rings (SSSR count). The zero-order valence-electron chi connectivity index (χ0n) is 9.95. The van der Waals surface area contributed by atoms with Gasteiger partial charge >= 0.3 is 0 Å². The molecule has 0 aliphatic carbocycles. The van der Waals surface area contributed by atoms with E-state index in [2.05, 4.69) is 19.2 Å². The summed E-state index contributed by atoms with van der Waals surface area (Å²) < 4.78 is 0. The molecule has 0 saturated carbocycles. The van der Waals surface area contributed by atoms with E-state index in [1.54, 1.807) is 11.8 Å². The fraction of sp³-hybridized carbons (Fsp3) is 0.900. The van der Waals surface area contributed by atoms with Crippen LogP contribution in [0.3, 0.4) is 0 Å². The zero-order chi connectivity index (χ0) is 11.1. The van der Waals surface area contributed by atoms with Crippen LogP contribution in [0.2, 0.25) is 0 Å². The molecule has 15 heavy (non-hydrogen) atoms. The summed E-state index contributed by atoms with van der Waals surface area (Å²) in [4.78, 5) is 11.5. The lowest BCUT2D eigenvalue weighted by atomic mass is 10.0. The number of amides is 1. The Labute approximate surface area is 103 Å². The average Bonchev–Trinajstić information content (AvgIpc) is 2.14. The molecule has 0 aromatic carbocycles. The smallest absolute Gasteiger partial charge is 0.233 e. The van der Waals surface area contributed by atoms with E-state index >= 15 is 0 Å². The van der Waals surface area contributed by atoms with Crippen molar-refractivity contribution in [2.75, 3.05) is 12.8 Å². The average molecular weight is 255 g/mol. The summed E-state index contributed by atoms with van der Waals surface area (Å²) in [7, 11) is 0. The predicted octanol–water partition coefficient (Wildman–Crippen LogP) is 1.65. The molecular formula is C10H23ClN2OS. The number of carbonyl (C=O) groups excluding carboxylic acids is 1. The minimum atomic E-state index is 0. The van der Waals surface area contributed by atoms with E-state index in [0.29, 0.717) is 12.5 Å². The molecular weight excluding hydrogens is 232 g/mol. The van der Waals surface area contributed by atoms with Crippen molar-refractivity contribution in [1.29, 1.82) is 0 Å². The van der Waals surface area contributed by atoms with Crippen LogP contribution in [0.25, 0.3) is 0 Å². The van der Waals surface area contributed by atoms with Crippen molar-refractivity contribution in [2.24, 2.45) is 11.7 Å². The van der Waals surface area contributed by atoms with E-state index in [0.717, 1.165) is 6.42 Å². The molecule has 0 aromatic rings. The molecule has 0 heterocycles. The molecule has 0 fully saturated rings. The molecule has 0 aliphatic heterocycles. The molecule has 3 nitrogen and oxygen atoms in total. The first-order valence-electron chi connectivity index (χ1n) is 5.04. The Morgan fingerprint density at radius 3 is 2.27 bits per heavy atom. The lowest BCUT2D eigenvalue weighted by Crippen LogP contribution is -2.44. The van der Waals surface area contributed by atoms with Gasteiger partial charge in [0, 0.05) is 12.6 Å². The second-order valence-corrected chi connectivity index (χ2v) is 5.13. The molecule has 0 aromatic heterocycles. The van der Waals surface area contributed by atoms with E-state index in [1.165, 1.54) is 0 Å². The predicted molar refractivity (Wildman–Crippen MR) is 70.7 cm³/mol. The van der Waals surface area contributed by atoms with Gasteiger partial charge in [0.05, 0.1) is 5.25 Å². The van der Waals surface area contributed by atoms with E-state index < -0.39 is 0 Å². The fourth-order valence-corrected chi connectivity index (χ4v) is 1.49. The first kappa shape index (κ1) is 17.5. The Kier molecular flexibility index (Phi) is 10.8. The summed E-state index contributed by atoms with van der Waals surface area (Å²) in [5.74, 6) is 0.655. The summed E-state index contributed by atoms with van der Waals surface area (Å²) in [5.41, 5.74) is 5.59. The Hall–Kier alpha value is 0.0700. The second-order valence-electron chi connectivity index (χ2n) is 3.95. The van der Waals surface area contributed by atoms with Crippen LogP contribution in [-0.4, -0.2) is 30.0 Å². The molecule has 0 radical (unpaired) electrons. The lowest BCUT2D eigenvalue weighted by Gasteiger charge is -2.20. The summed E-state index contributed by atoms with van der Waals surface area (Å²) in [5, 5.41) is 2.97. The van der Waals surface area contributed by atoms with Crippen molar-refractivity contribution in [3.63, 3.8) is 0 Å². The maximum absolute atomic E-state index is 11.5. The third-order valence-corrected chi connectivity index (χ3v) is 3.03. The molecule has 0 saturated heterocycles. The third kappa shape index (κ3) is 7.94. The number of thioether (sulfide) groups is 1. The highest BCUT2D eigenvalue weighted by Crippen LogP contribution is 2.07. The number of nitrogens with one attached hydrogen (secondary N) is 1. The normalized spacial score (nSPS) is 14.3. The van der Waals surface area contributed by atoms with Crippen molar-refractivity contribution in [3.05, 3.63) is 0 Å². The third-order valence-electron chi connectivity index (χ3n) is 2.11. The van der Waals surface area contributed by atoms with Gasteiger partial charge in [-0.3, -0.25) is 4.79 Å². The van der Waals surface area contributed by atoms with E-state index in [-0.39, 0.29) is 29.6 Å². The summed E-state index contributed by atoms with van der Waals surface area (Å²) in [6.07, 6.45) is 2.88. The Morgan fingerprint density at radius 2 is 1.93 bits per heavy atom. The largest absolute Gasteiger partial charge is 0.351 e. The highest BCUT2D eigenvalue weighted by molar-refractivity contribution is 7.99. The van der Waals surface area contributed by atoms with Gasteiger partial charge in [0.2, 0.25) is 5.91 Å². The summed E-state index contributed by atoms with van der Waals surface area (Å²) >= 11 is 1.55. The van der Waals surface area contributed by atoms with Gasteiger partial charge in [0.25, 0.3) is 0 Å². The van der Waals surface area contributed by atoms with Gasteiger partial charge in [-0.1, -0.05) is 13.8 Å². The number of carbonyl (C=O) groups is 1. The molecule has 92 valence electrons. The molecule has 2 unspecified atom stereocenters. The van der Waals surface area contributed by atoms with Crippen molar-refractivity contribution in [1.82, 2.24) is 5.32 Å². The van der Waals surface area contributed by atoms with Gasteiger partial charge in [0.1, 0.15) is 0 Å². The Morgan fingerprint density at radius 1 is 1.40 bits per heavy atom. The number of rotatable bonds is 6. The van der Waals surface area contributed by atoms with Crippen molar-refractivity contribution < 1.29 is 4.79 Å². The van der Waals surface area contributed by atoms with Crippen molar-refractivity contribution in [3.8, 4) is 0 Å². The second kappa shape index (κ2) is 9.31. The minimum Gasteiger partial charge on any atom is -0.351 e. The highest BCUT2D eigenvalue weighted by Gasteiger charge is 2.16. The van der Waals surface area contributed by atoms with Crippen LogP contribution in [0.15, 0.2) is 0 Å². The number of hydrogen-bond donors (Lipinski definition) is 2. The number of nitrogens with two attached hydrogens (primary N) is 1. The quantitative estimate of drug-likeness (QED) is 0.758. The minimum absolute atomic E-state index is 0. The standard InChI is InChI=1S/C10H22N2OS.ClH/c1-7(2)5-9(6-11)12-10(13)8(3)14-4;/h7-9H,5-6,11H2,1-4H3,(H,12,13);1H. The van der Waals surface area contributed by atoms with Crippen LogP contribution in [-0.2, 0) is 4.79 Å². The van der Waals surface area contributed by atoms with Crippen LogP contribution >= 0.6 is 24.2 Å². The molecule has 1 amide bonds. The molecule has 0 bridgehead atoms. The van der Waals surface area contributed by atoms with Crippen LogP contribution in [0, 0.1) is 5.92 Å². The molecule has 5 heteroatoms. The molecule has 3 N–H and O–H groups in total. The number of halogens is 1. The van der Waals surface area contributed by atoms with E-state index in [4.69, 9.17) is 5.73 Å². The van der Waals surface area contributed by atoms with Crippen LogP contribution < -0.4 is 11.1 Å². The maximum Gasteiger partial charge on any atom is 0.233 e. The fourth-order valence-electron chi connectivity index (χ4n) is 1.21. The van der Waals surface area contributed by atoms with Crippen LogP contribution in [0.5, 0.6) is 0 Å². The van der Waals surface area contributed by atoms with Gasteiger partial charge in [-0.15, -0.1) is 12.4 Å². The van der Waals surface area contributed by atoms with Crippen LogP contribution in [0.1, 0.15) is 27.2 Å². The summed E-state index contributed by atoms with van der Waals surface area (Å²) in [6.45, 7) is 6.69. The molecule has 2 atom stereocenters. The van der Waals surface area contributed by atoms with E-state index in [1.807, 2.05) is 13.2 Å². The molecule has 0 aliphatic rings. The molecule has 0 spiro atoms. The maximum atomic E-state index is 11.5. The van der Waals surface area contributed by atoms with E-state index in [9.17, 15) is 4.79 Å². The van der Waals surface area contributed by atoms with Crippen LogP contribution in [0.4, 0.5) is 0 Å². The van der Waals surface area contributed by atoms with Gasteiger partial charge in [-0.05, 0) is 25.5 Å². The lowest BCUT2D eigenvalue weighted by molar-refractivity contribution is -0.121. The van der Waals surface area contributed by atoms with Crippen molar-refractivity contribution in [2.45, 2.75) is 38.5 Å². The van der Waals surface area contributed by atoms with Gasteiger partial charge in [0.15, 0.2) is 0 Å². The first-order valence-corrected chi connectivity index (χ1v) is 6.33. The monoisotopic (exact) mass is 254 g/mol. The first-order chi connectivity index (χ1) is 6.51. The van der Waals surface area contributed by atoms with Gasteiger partial charge < -0.3 is 11.1 Å². The van der Waals surface area contributed by atoms with Gasteiger partial charge in [-0.2, -0.15) is 11.8 Å². The summed E-state index contributed by atoms with van der Waals surface area (Å²) in [6, 6.07) is 0.122. The highest BCUT2D eigenvalue weighted by atomic mass is 35.5. The topological polar surface area (TPSA) is 55.1 Å². The van der Waals surface area contributed by atoms with Gasteiger partial charge in [-0.25, -0.2) is 0 Å². The van der Waals surface area contributed by atoms with Crippen molar-refractivity contribution >= 4 is 30.1 Å². The Bertz CT molecular complexity index is 179. The number of hydrogen-bond acceptors (Lipinski definition) is 3. The zero-order valence-corrected chi connectivity index (χ0v) is 11.6.